The standard InChI is InChI=1S/C39H32ClF10N7S2/c1-36(2,58-3)10-9-22-5-6-23(24-7-8-27(40)30-32(24)57(18-37(43,44)45)54-35(30)55-59-4)31(52-22)28(15-19-13-20(41)16-21(42)14-19)51-11-12-56-34-29(33(53-56)39(48,49)50)25-17-26(25)38(34,46)47/h5-8,11,13-14,16,25-26,28H,12,15,17-18H2,1-4H3,(H,54,55). The van der Waals surface area contributed by atoms with Crippen molar-refractivity contribution in [1.82, 2.24) is 24.5 Å². The maximum Gasteiger partial charge on any atom is 0.435 e. The van der Waals surface area contributed by atoms with E-state index in [1.807, 2.05) is 20.1 Å². The predicted molar refractivity (Wildman–Crippen MR) is 209 cm³/mol. The number of hydrogen-bond acceptors (Lipinski definition) is 7. The smallest absolute Gasteiger partial charge is 0.313 e. The number of pyridine rings is 1. The predicted octanol–water partition coefficient (Wildman–Crippen LogP) is 11.3. The number of rotatable bonds is 11. The first-order valence-corrected chi connectivity index (χ1v) is 20.6. The molecular weight excluding hydrogens is 856 g/mol. The minimum absolute atomic E-state index is 0.0238. The Morgan fingerprint density at radius 2 is 1.69 bits per heavy atom. The SMILES string of the molecule is CSNc1nn(CC(F)(F)F)c2c(-c3ccc(C#CC(C)(C)SC)nc3C(Cc3cc(F)cc(F)c3)N=CCn3nc(C(F)(F)F)c4c3C(F)(F)C3CC43)ccc(Cl)c12. The molecule has 1 fully saturated rings. The lowest BCUT2D eigenvalue weighted by atomic mass is 9.94. The molecule has 20 heteroatoms. The Kier molecular flexibility index (Phi) is 11.3. The molecule has 3 unspecified atom stereocenters. The monoisotopic (exact) mass is 887 g/mol. The molecule has 3 aromatic heterocycles. The maximum atomic E-state index is 15.4. The number of aromatic nitrogens is 5. The van der Waals surface area contributed by atoms with Gasteiger partial charge in [0.25, 0.3) is 5.92 Å². The van der Waals surface area contributed by atoms with Crippen LogP contribution in [0.1, 0.15) is 66.1 Å². The molecule has 312 valence electrons. The van der Waals surface area contributed by atoms with Crippen LogP contribution in [-0.2, 0) is 31.6 Å². The van der Waals surface area contributed by atoms with Gasteiger partial charge in [0.2, 0.25) is 0 Å². The van der Waals surface area contributed by atoms with Gasteiger partial charge < -0.3 is 4.72 Å². The first-order valence-electron chi connectivity index (χ1n) is 17.8. The highest BCUT2D eigenvalue weighted by molar-refractivity contribution is 8.00. The van der Waals surface area contributed by atoms with E-state index >= 15 is 8.78 Å². The van der Waals surface area contributed by atoms with E-state index in [4.69, 9.17) is 16.6 Å². The van der Waals surface area contributed by atoms with Gasteiger partial charge in [-0.15, -0.1) is 11.8 Å². The van der Waals surface area contributed by atoms with Gasteiger partial charge in [0.15, 0.2) is 11.5 Å². The van der Waals surface area contributed by atoms with Crippen LogP contribution >= 0.6 is 35.3 Å². The lowest BCUT2D eigenvalue weighted by molar-refractivity contribution is -0.142. The van der Waals surface area contributed by atoms with Crippen molar-refractivity contribution in [3.8, 4) is 23.0 Å². The van der Waals surface area contributed by atoms with Gasteiger partial charge in [-0.1, -0.05) is 35.5 Å². The lowest BCUT2D eigenvalue weighted by Gasteiger charge is -2.19. The molecule has 0 radical (unpaired) electrons. The zero-order chi connectivity index (χ0) is 42.8. The highest BCUT2D eigenvalue weighted by Crippen LogP contribution is 2.68. The molecule has 0 amide bonds. The largest absolute Gasteiger partial charge is 0.435 e. The summed E-state index contributed by atoms with van der Waals surface area (Å²) in [5.74, 6) is -1.62. The average Bonchev–Trinajstić information content (AvgIpc) is 3.65. The van der Waals surface area contributed by atoms with Crippen LogP contribution in [0.25, 0.3) is 22.0 Å². The topological polar surface area (TPSA) is 72.9 Å². The highest BCUT2D eigenvalue weighted by atomic mass is 35.5. The summed E-state index contributed by atoms with van der Waals surface area (Å²) in [7, 11) is 0. The van der Waals surface area contributed by atoms with Gasteiger partial charge in [0.05, 0.1) is 39.0 Å². The van der Waals surface area contributed by atoms with Gasteiger partial charge in [-0.25, -0.2) is 13.8 Å². The van der Waals surface area contributed by atoms with Crippen LogP contribution in [0.3, 0.4) is 0 Å². The van der Waals surface area contributed by atoms with Crippen LogP contribution < -0.4 is 4.72 Å². The van der Waals surface area contributed by atoms with E-state index in [1.54, 1.807) is 6.26 Å². The number of anilines is 1. The summed E-state index contributed by atoms with van der Waals surface area (Å²) in [6.45, 7) is 1.54. The van der Waals surface area contributed by atoms with E-state index in [-0.39, 0.29) is 62.7 Å². The zero-order valence-corrected chi connectivity index (χ0v) is 33.7. The van der Waals surface area contributed by atoms with Crippen LogP contribution in [-0.4, -0.2) is 54.2 Å². The van der Waals surface area contributed by atoms with E-state index in [0.717, 1.165) is 35.0 Å². The van der Waals surface area contributed by atoms with Crippen molar-refractivity contribution in [3.05, 3.63) is 93.0 Å². The van der Waals surface area contributed by atoms with E-state index in [1.165, 1.54) is 36.0 Å². The lowest BCUT2D eigenvalue weighted by Crippen LogP contribution is -2.20. The number of hydrogen-bond donors (Lipinski definition) is 1. The molecule has 2 aromatic carbocycles. The number of aliphatic imine (C=N–C) groups is 1. The number of thioether (sulfide) groups is 1. The van der Waals surface area contributed by atoms with Crippen molar-refractivity contribution >= 4 is 58.2 Å². The minimum Gasteiger partial charge on any atom is -0.313 e. The minimum atomic E-state index is -5.01. The molecular formula is C39H32ClF10N7S2. The van der Waals surface area contributed by atoms with Gasteiger partial charge in [0, 0.05) is 47.6 Å². The van der Waals surface area contributed by atoms with Gasteiger partial charge in [-0.3, -0.25) is 14.4 Å². The second-order valence-electron chi connectivity index (χ2n) is 14.5. The molecule has 7 nitrogen and oxygen atoms in total. The third kappa shape index (κ3) is 8.63. The highest BCUT2D eigenvalue weighted by Gasteiger charge is 2.68. The number of nitrogens with zero attached hydrogens (tertiary/aromatic N) is 6. The van der Waals surface area contributed by atoms with Gasteiger partial charge in [-0.2, -0.15) is 45.3 Å². The molecule has 3 heterocycles. The first-order chi connectivity index (χ1) is 27.6. The van der Waals surface area contributed by atoms with Gasteiger partial charge in [-0.05, 0) is 74.3 Å². The van der Waals surface area contributed by atoms with Crippen LogP contribution in [0, 0.1) is 29.4 Å². The quantitative estimate of drug-likeness (QED) is 0.0616. The molecule has 2 aliphatic rings. The van der Waals surface area contributed by atoms with Crippen LogP contribution in [0.4, 0.5) is 49.7 Å². The van der Waals surface area contributed by atoms with Crippen LogP contribution in [0.2, 0.25) is 5.02 Å². The van der Waals surface area contributed by atoms with Crippen molar-refractivity contribution in [2.45, 2.75) is 74.8 Å². The molecule has 1 saturated carbocycles. The Morgan fingerprint density at radius 3 is 2.34 bits per heavy atom. The molecule has 7 rings (SSSR count). The molecule has 0 aliphatic heterocycles. The van der Waals surface area contributed by atoms with E-state index in [9.17, 15) is 35.1 Å². The Bertz CT molecular complexity index is 2510. The van der Waals surface area contributed by atoms with E-state index in [0.29, 0.717) is 10.7 Å². The fraction of sp³-hybridized carbons (Fsp3) is 0.385. The van der Waals surface area contributed by atoms with Gasteiger partial charge in [0.1, 0.15) is 29.6 Å². The van der Waals surface area contributed by atoms with Gasteiger partial charge >= 0.3 is 12.4 Å². The first kappa shape index (κ1) is 42.7. The fourth-order valence-electron chi connectivity index (χ4n) is 7.28. The molecule has 3 atom stereocenters. The van der Waals surface area contributed by atoms with Crippen molar-refractivity contribution < 1.29 is 43.9 Å². The zero-order valence-electron chi connectivity index (χ0n) is 31.3. The summed E-state index contributed by atoms with van der Waals surface area (Å²) < 4.78 is 148. The Morgan fingerprint density at radius 1 is 1.00 bits per heavy atom. The normalized spacial score (nSPS) is 17.9. The van der Waals surface area contributed by atoms with E-state index in [2.05, 4.69) is 31.8 Å². The summed E-state index contributed by atoms with van der Waals surface area (Å²) in [5.41, 5.74) is -2.29. The molecule has 0 saturated heterocycles. The number of benzene rings is 2. The molecule has 0 spiro atoms. The summed E-state index contributed by atoms with van der Waals surface area (Å²) in [6.07, 6.45) is -5.63. The second-order valence-corrected chi connectivity index (χ2v) is 17.0. The summed E-state index contributed by atoms with van der Waals surface area (Å²) in [5, 5.41) is 7.93. The summed E-state index contributed by atoms with van der Waals surface area (Å²) in [4.78, 5) is 9.35. The molecule has 2 aliphatic carbocycles. The molecule has 1 N–H and O–H groups in total. The van der Waals surface area contributed by atoms with Crippen LogP contribution in [0.5, 0.6) is 0 Å². The number of fused-ring (bicyclic) bond motifs is 4. The van der Waals surface area contributed by atoms with Crippen molar-refractivity contribution in [2.24, 2.45) is 10.9 Å². The fourth-order valence-corrected chi connectivity index (χ4v) is 8.01. The van der Waals surface area contributed by atoms with Crippen molar-refractivity contribution in [1.29, 1.82) is 0 Å². The van der Waals surface area contributed by atoms with Crippen molar-refractivity contribution in [2.75, 3.05) is 17.2 Å². The summed E-state index contributed by atoms with van der Waals surface area (Å²) >= 11 is 9.10. The second kappa shape index (κ2) is 15.6. The number of nitrogens with one attached hydrogen (secondary N) is 1. The third-order valence-corrected chi connectivity index (χ3v) is 11.8. The third-order valence-electron chi connectivity index (χ3n) is 9.99. The maximum absolute atomic E-state index is 15.4. The molecule has 5 aromatic rings. The summed E-state index contributed by atoms with van der Waals surface area (Å²) in [6, 6.07) is 7.37. The molecule has 0 bridgehead atoms. The average molecular weight is 888 g/mol. The number of halogens is 11. The molecule has 59 heavy (non-hydrogen) atoms. The van der Waals surface area contributed by atoms with E-state index < -0.39 is 82.6 Å². The Hall–Kier alpha value is -4.41. The Labute approximate surface area is 344 Å². The number of alkyl halides is 8. The Balaban J connectivity index is 1.43. The van der Waals surface area contributed by atoms with Crippen LogP contribution in [0.15, 0.2) is 47.5 Å². The van der Waals surface area contributed by atoms with Crippen molar-refractivity contribution in [3.63, 3.8) is 0 Å².